The first-order chi connectivity index (χ1) is 8.01. The van der Waals surface area contributed by atoms with E-state index in [1.807, 2.05) is 13.8 Å². The van der Waals surface area contributed by atoms with E-state index in [9.17, 15) is 4.79 Å². The Balaban J connectivity index is 4.57. The highest BCUT2D eigenvalue weighted by Gasteiger charge is 2.18. The topological polar surface area (TPSA) is 26.3 Å². The third kappa shape index (κ3) is 7.63. The summed E-state index contributed by atoms with van der Waals surface area (Å²) in [4.78, 5) is 11.5. The van der Waals surface area contributed by atoms with Gasteiger partial charge in [0, 0.05) is 12.3 Å². The highest BCUT2D eigenvalue weighted by Crippen LogP contribution is 2.14. The molecule has 2 nitrogen and oxygen atoms in total. The van der Waals surface area contributed by atoms with Gasteiger partial charge in [-0.1, -0.05) is 45.6 Å². The van der Waals surface area contributed by atoms with Crippen LogP contribution in [0.25, 0.3) is 0 Å². The van der Waals surface area contributed by atoms with Crippen molar-refractivity contribution in [2.75, 3.05) is 0 Å². The van der Waals surface area contributed by atoms with Gasteiger partial charge < -0.3 is 4.74 Å². The molecule has 0 saturated carbocycles. The van der Waals surface area contributed by atoms with Gasteiger partial charge in [-0.2, -0.15) is 0 Å². The quantitative estimate of drug-likeness (QED) is 0.519. The van der Waals surface area contributed by atoms with Crippen molar-refractivity contribution in [2.24, 2.45) is 5.92 Å². The molecular formula is C15H24O2. The van der Waals surface area contributed by atoms with Crippen molar-refractivity contribution in [1.29, 1.82) is 0 Å². The fourth-order valence-electron chi connectivity index (χ4n) is 1.49. The van der Waals surface area contributed by atoms with Gasteiger partial charge in [0.1, 0.15) is 0 Å². The normalized spacial score (nSPS) is 13.2. The molecule has 2 atom stereocenters. The second-order valence-corrected chi connectivity index (χ2v) is 4.48. The summed E-state index contributed by atoms with van der Waals surface area (Å²) in [6.45, 7) is 11.7. The van der Waals surface area contributed by atoms with Crippen molar-refractivity contribution < 1.29 is 9.53 Å². The smallest absolute Gasteiger partial charge is 0.307 e. The minimum absolute atomic E-state index is 0.156. The number of hydrogen-bond acceptors (Lipinski definition) is 2. The molecule has 0 aliphatic heterocycles. The maximum atomic E-state index is 11.5. The molecule has 0 aliphatic carbocycles. The lowest BCUT2D eigenvalue weighted by atomic mass is 9.99. The predicted octanol–water partition coefficient (Wildman–Crippen LogP) is 3.71. The number of allylic oxidation sites excluding steroid dienone is 1. The summed E-state index contributed by atoms with van der Waals surface area (Å²) in [5, 5.41) is 0. The van der Waals surface area contributed by atoms with Crippen LogP contribution in [-0.2, 0) is 9.53 Å². The molecule has 0 rings (SSSR count). The summed E-state index contributed by atoms with van der Waals surface area (Å²) in [6, 6.07) is 0. The third-order valence-corrected chi connectivity index (χ3v) is 2.40. The van der Waals surface area contributed by atoms with E-state index in [2.05, 4.69) is 32.3 Å². The van der Waals surface area contributed by atoms with Crippen LogP contribution >= 0.6 is 0 Å². The van der Waals surface area contributed by atoms with Crippen molar-refractivity contribution in [3.05, 3.63) is 12.2 Å². The van der Waals surface area contributed by atoms with Gasteiger partial charge in [-0.25, -0.2) is 0 Å². The zero-order valence-electron chi connectivity index (χ0n) is 11.5. The lowest BCUT2D eigenvalue weighted by molar-refractivity contribution is -0.148. The molecule has 0 saturated heterocycles. The molecule has 0 radical (unpaired) electrons. The standard InChI is InChI=1S/C15H24O2/c1-6-8-13(5)14(11-10-12(3)4)17-15(16)9-7-2/h13-14H,3,6-9H2,1-2,4-5H3. The average Bonchev–Trinajstić information content (AvgIpc) is 2.24. The summed E-state index contributed by atoms with van der Waals surface area (Å²) in [5.41, 5.74) is 0.797. The van der Waals surface area contributed by atoms with Crippen molar-refractivity contribution in [3.8, 4) is 11.8 Å². The number of carbonyl (C=O) groups excluding carboxylic acids is 1. The Morgan fingerprint density at radius 1 is 1.35 bits per heavy atom. The highest BCUT2D eigenvalue weighted by atomic mass is 16.5. The molecule has 0 bridgehead atoms. The largest absolute Gasteiger partial charge is 0.449 e. The van der Waals surface area contributed by atoms with Crippen molar-refractivity contribution in [1.82, 2.24) is 0 Å². The van der Waals surface area contributed by atoms with Gasteiger partial charge in [0.05, 0.1) is 0 Å². The lowest BCUT2D eigenvalue weighted by Crippen LogP contribution is -2.23. The van der Waals surface area contributed by atoms with Gasteiger partial charge in [0.2, 0.25) is 0 Å². The van der Waals surface area contributed by atoms with Crippen LogP contribution in [0.2, 0.25) is 0 Å². The van der Waals surface area contributed by atoms with E-state index < -0.39 is 0 Å². The van der Waals surface area contributed by atoms with Crippen LogP contribution in [-0.4, -0.2) is 12.1 Å². The first kappa shape index (κ1) is 15.8. The second-order valence-electron chi connectivity index (χ2n) is 4.48. The maximum absolute atomic E-state index is 11.5. The molecule has 2 heteroatoms. The van der Waals surface area contributed by atoms with Gasteiger partial charge in [0.25, 0.3) is 0 Å². The van der Waals surface area contributed by atoms with Gasteiger partial charge >= 0.3 is 5.97 Å². The highest BCUT2D eigenvalue weighted by molar-refractivity contribution is 5.69. The van der Waals surface area contributed by atoms with E-state index in [1.54, 1.807) is 0 Å². The first-order valence-corrected chi connectivity index (χ1v) is 6.37. The van der Waals surface area contributed by atoms with Crippen LogP contribution in [0.5, 0.6) is 0 Å². The van der Waals surface area contributed by atoms with Crippen molar-refractivity contribution >= 4 is 5.97 Å². The molecule has 0 amide bonds. The van der Waals surface area contributed by atoms with Crippen LogP contribution in [0.4, 0.5) is 0 Å². The summed E-state index contributed by atoms with van der Waals surface area (Å²) < 4.78 is 5.40. The number of hydrogen-bond donors (Lipinski definition) is 0. The third-order valence-electron chi connectivity index (χ3n) is 2.40. The second kappa shape index (κ2) is 8.87. The molecule has 0 aromatic rings. The SMILES string of the molecule is C=C(C)C#CC(OC(=O)CCC)C(C)CCC. The van der Waals surface area contributed by atoms with E-state index in [0.29, 0.717) is 6.42 Å². The van der Waals surface area contributed by atoms with E-state index >= 15 is 0 Å². The fourth-order valence-corrected chi connectivity index (χ4v) is 1.49. The summed E-state index contributed by atoms with van der Waals surface area (Å²) >= 11 is 0. The Morgan fingerprint density at radius 2 is 2.00 bits per heavy atom. The molecule has 0 aliphatic rings. The molecule has 0 fully saturated rings. The van der Waals surface area contributed by atoms with Gasteiger partial charge in [-0.05, 0) is 25.3 Å². The van der Waals surface area contributed by atoms with Gasteiger partial charge in [-0.15, -0.1) is 0 Å². The molecule has 2 unspecified atom stereocenters. The van der Waals surface area contributed by atoms with Crippen LogP contribution in [0.15, 0.2) is 12.2 Å². The van der Waals surface area contributed by atoms with Gasteiger partial charge in [0.15, 0.2) is 6.10 Å². The van der Waals surface area contributed by atoms with E-state index in [4.69, 9.17) is 4.74 Å². The molecule has 0 aromatic heterocycles. The lowest BCUT2D eigenvalue weighted by Gasteiger charge is -2.19. The summed E-state index contributed by atoms with van der Waals surface area (Å²) in [5.74, 6) is 6.03. The zero-order valence-corrected chi connectivity index (χ0v) is 11.5. The van der Waals surface area contributed by atoms with Crippen LogP contribution in [0.3, 0.4) is 0 Å². The Morgan fingerprint density at radius 3 is 2.47 bits per heavy atom. The predicted molar refractivity (Wildman–Crippen MR) is 71.5 cm³/mol. The van der Waals surface area contributed by atoms with Crippen molar-refractivity contribution in [2.45, 2.75) is 59.5 Å². The van der Waals surface area contributed by atoms with Crippen LogP contribution in [0.1, 0.15) is 53.4 Å². The van der Waals surface area contributed by atoms with E-state index in [-0.39, 0.29) is 18.0 Å². The summed E-state index contributed by atoms with van der Waals surface area (Å²) in [7, 11) is 0. The van der Waals surface area contributed by atoms with Crippen LogP contribution in [0, 0.1) is 17.8 Å². The Kier molecular flexibility index (Phi) is 8.23. The molecule has 17 heavy (non-hydrogen) atoms. The van der Waals surface area contributed by atoms with Crippen LogP contribution < -0.4 is 0 Å². The Labute approximate surface area is 105 Å². The Bertz CT molecular complexity index is 307. The molecule has 96 valence electrons. The summed E-state index contributed by atoms with van der Waals surface area (Å²) in [6.07, 6.45) is 3.05. The molecule has 0 spiro atoms. The van der Waals surface area contributed by atoms with E-state index in [1.165, 1.54) is 0 Å². The number of esters is 1. The zero-order chi connectivity index (χ0) is 13.3. The number of rotatable bonds is 6. The number of carbonyl (C=O) groups is 1. The van der Waals surface area contributed by atoms with Crippen molar-refractivity contribution in [3.63, 3.8) is 0 Å². The average molecular weight is 236 g/mol. The monoisotopic (exact) mass is 236 g/mol. The van der Waals surface area contributed by atoms with E-state index in [0.717, 1.165) is 24.8 Å². The molecular weight excluding hydrogens is 212 g/mol. The fraction of sp³-hybridized carbons (Fsp3) is 0.667. The molecule has 0 aromatic carbocycles. The number of ether oxygens (including phenoxy) is 1. The minimum atomic E-state index is -0.300. The maximum Gasteiger partial charge on any atom is 0.307 e. The van der Waals surface area contributed by atoms with Gasteiger partial charge in [-0.3, -0.25) is 4.79 Å². The first-order valence-electron chi connectivity index (χ1n) is 6.37. The minimum Gasteiger partial charge on any atom is -0.449 e. The molecule has 0 N–H and O–H groups in total. The molecule has 0 heterocycles. The Hall–Kier alpha value is -1.23.